The quantitative estimate of drug-likeness (QED) is 0.842. The third kappa shape index (κ3) is 2.94. The van der Waals surface area contributed by atoms with Gasteiger partial charge in [0.1, 0.15) is 5.65 Å². The molecule has 2 aromatic heterocycles. The van der Waals surface area contributed by atoms with Gasteiger partial charge >= 0.3 is 0 Å². The van der Waals surface area contributed by atoms with Crippen molar-refractivity contribution in [3.63, 3.8) is 0 Å². The first-order chi connectivity index (χ1) is 9.54. The highest BCUT2D eigenvalue weighted by atomic mass is 16.3. The van der Waals surface area contributed by atoms with Crippen LogP contribution in [0.2, 0.25) is 0 Å². The Hall–Kier alpha value is -1.59. The Morgan fingerprint density at radius 1 is 1.35 bits per heavy atom. The summed E-state index contributed by atoms with van der Waals surface area (Å²) in [4.78, 5) is 6.73. The molecule has 0 aliphatic carbocycles. The maximum atomic E-state index is 9.36. The molecule has 0 bridgehead atoms. The summed E-state index contributed by atoms with van der Waals surface area (Å²) in [5, 5.41) is 12.8. The van der Waals surface area contributed by atoms with Crippen LogP contribution in [0.5, 0.6) is 0 Å². The largest absolute Gasteiger partial charge is 0.394 e. The second kappa shape index (κ2) is 6.24. The number of imidazole rings is 1. The zero-order chi connectivity index (χ0) is 14.7. The summed E-state index contributed by atoms with van der Waals surface area (Å²) in [5.41, 5.74) is 2.05. The van der Waals surface area contributed by atoms with Crippen LogP contribution >= 0.6 is 0 Å². The number of likely N-dealkylation sites (N-methyl/N-ethyl adjacent to an activating group) is 1. The predicted molar refractivity (Wildman–Crippen MR) is 82.1 cm³/mol. The second-order valence-electron chi connectivity index (χ2n) is 5.49. The molecular formula is C15H24N4O. The van der Waals surface area contributed by atoms with Crippen LogP contribution < -0.4 is 10.2 Å². The van der Waals surface area contributed by atoms with E-state index in [9.17, 15) is 5.11 Å². The average Bonchev–Trinajstić information content (AvgIpc) is 2.82. The number of anilines is 1. The van der Waals surface area contributed by atoms with Crippen LogP contribution in [-0.4, -0.2) is 40.2 Å². The summed E-state index contributed by atoms with van der Waals surface area (Å²) < 4.78 is 2.10. The molecule has 2 N–H and O–H groups in total. The van der Waals surface area contributed by atoms with E-state index in [-0.39, 0.29) is 12.6 Å². The molecule has 1 atom stereocenters. The van der Waals surface area contributed by atoms with Gasteiger partial charge in [-0.05, 0) is 19.1 Å². The van der Waals surface area contributed by atoms with E-state index in [1.54, 1.807) is 0 Å². The van der Waals surface area contributed by atoms with Crippen molar-refractivity contribution in [1.82, 2.24) is 14.7 Å². The SMILES string of the molecule is CC(C)NCc1c(N(C)C(C)CO)nc2ccccn12. The Kier molecular flexibility index (Phi) is 4.62. The topological polar surface area (TPSA) is 52.8 Å². The Bertz CT molecular complexity index is 564. The molecule has 0 spiro atoms. The van der Waals surface area contributed by atoms with Gasteiger partial charge in [0.15, 0.2) is 5.82 Å². The third-order valence-corrected chi connectivity index (χ3v) is 3.54. The van der Waals surface area contributed by atoms with E-state index in [1.165, 1.54) is 0 Å². The van der Waals surface area contributed by atoms with Gasteiger partial charge in [-0.25, -0.2) is 4.98 Å². The smallest absolute Gasteiger partial charge is 0.152 e. The molecule has 1 unspecified atom stereocenters. The number of rotatable bonds is 6. The summed E-state index contributed by atoms with van der Waals surface area (Å²) in [6, 6.07) is 6.45. The minimum atomic E-state index is 0.0395. The lowest BCUT2D eigenvalue weighted by Crippen LogP contribution is -2.33. The van der Waals surface area contributed by atoms with Gasteiger partial charge in [0.2, 0.25) is 0 Å². The van der Waals surface area contributed by atoms with Gasteiger partial charge in [0.25, 0.3) is 0 Å². The van der Waals surface area contributed by atoms with Gasteiger partial charge in [-0.2, -0.15) is 0 Å². The fourth-order valence-electron chi connectivity index (χ4n) is 2.11. The van der Waals surface area contributed by atoms with Gasteiger partial charge in [0, 0.05) is 25.8 Å². The summed E-state index contributed by atoms with van der Waals surface area (Å²) in [7, 11) is 1.97. The van der Waals surface area contributed by atoms with Crippen molar-refractivity contribution in [3.8, 4) is 0 Å². The van der Waals surface area contributed by atoms with E-state index in [1.807, 2.05) is 43.3 Å². The van der Waals surface area contributed by atoms with E-state index in [0.29, 0.717) is 6.04 Å². The van der Waals surface area contributed by atoms with Crippen molar-refractivity contribution in [2.75, 3.05) is 18.6 Å². The zero-order valence-electron chi connectivity index (χ0n) is 12.7. The number of aliphatic hydroxyl groups excluding tert-OH is 1. The lowest BCUT2D eigenvalue weighted by atomic mass is 10.3. The van der Waals surface area contributed by atoms with Crippen LogP contribution in [-0.2, 0) is 6.54 Å². The van der Waals surface area contributed by atoms with Crippen molar-refractivity contribution < 1.29 is 5.11 Å². The lowest BCUT2D eigenvalue weighted by molar-refractivity contribution is 0.269. The Morgan fingerprint density at radius 3 is 2.75 bits per heavy atom. The van der Waals surface area contributed by atoms with Crippen molar-refractivity contribution in [2.45, 2.75) is 39.4 Å². The van der Waals surface area contributed by atoms with E-state index in [2.05, 4.69) is 23.6 Å². The standard InChI is InChI=1S/C15H24N4O/c1-11(2)16-9-13-15(18(4)12(3)10-20)17-14-7-5-6-8-19(13)14/h5-8,11-12,16,20H,9-10H2,1-4H3. The molecular weight excluding hydrogens is 252 g/mol. The van der Waals surface area contributed by atoms with Crippen molar-refractivity contribution in [2.24, 2.45) is 0 Å². The van der Waals surface area contributed by atoms with Gasteiger partial charge in [-0.3, -0.25) is 0 Å². The third-order valence-electron chi connectivity index (χ3n) is 3.54. The number of nitrogens with zero attached hydrogens (tertiary/aromatic N) is 3. The molecule has 2 aromatic rings. The summed E-state index contributed by atoms with van der Waals surface area (Å²) >= 11 is 0. The molecule has 0 aromatic carbocycles. The molecule has 0 amide bonds. The normalized spacial score (nSPS) is 13.1. The van der Waals surface area contributed by atoms with Crippen LogP contribution in [0.1, 0.15) is 26.5 Å². The number of hydrogen-bond donors (Lipinski definition) is 2. The number of fused-ring (bicyclic) bond motifs is 1. The maximum absolute atomic E-state index is 9.36. The summed E-state index contributed by atoms with van der Waals surface area (Å²) in [6.07, 6.45) is 2.03. The molecule has 2 heterocycles. The Labute approximate surface area is 120 Å². The number of nitrogens with one attached hydrogen (secondary N) is 1. The van der Waals surface area contributed by atoms with Crippen molar-refractivity contribution >= 4 is 11.5 Å². The van der Waals surface area contributed by atoms with Crippen LogP contribution in [0.3, 0.4) is 0 Å². The number of aliphatic hydroxyl groups is 1. The zero-order valence-corrected chi connectivity index (χ0v) is 12.7. The molecule has 0 aliphatic heterocycles. The number of hydrogen-bond acceptors (Lipinski definition) is 4. The molecule has 0 radical (unpaired) electrons. The fourth-order valence-corrected chi connectivity index (χ4v) is 2.11. The highest BCUT2D eigenvalue weighted by molar-refractivity contribution is 5.56. The second-order valence-corrected chi connectivity index (χ2v) is 5.49. The van der Waals surface area contributed by atoms with Crippen molar-refractivity contribution in [1.29, 1.82) is 0 Å². The average molecular weight is 276 g/mol. The molecule has 110 valence electrons. The van der Waals surface area contributed by atoms with Gasteiger partial charge in [-0.15, -0.1) is 0 Å². The highest BCUT2D eigenvalue weighted by Gasteiger charge is 2.18. The molecule has 20 heavy (non-hydrogen) atoms. The van der Waals surface area contributed by atoms with Gasteiger partial charge in [-0.1, -0.05) is 19.9 Å². The van der Waals surface area contributed by atoms with Crippen LogP contribution in [0, 0.1) is 0 Å². The predicted octanol–water partition coefficient (Wildman–Crippen LogP) is 1.65. The van der Waals surface area contributed by atoms with E-state index in [4.69, 9.17) is 4.98 Å². The van der Waals surface area contributed by atoms with E-state index >= 15 is 0 Å². The first kappa shape index (κ1) is 14.8. The molecule has 5 nitrogen and oxygen atoms in total. The maximum Gasteiger partial charge on any atom is 0.152 e. The number of aromatic nitrogens is 2. The molecule has 0 saturated carbocycles. The minimum absolute atomic E-state index is 0.0395. The van der Waals surface area contributed by atoms with Crippen molar-refractivity contribution in [3.05, 3.63) is 30.1 Å². The molecule has 0 aliphatic rings. The fraction of sp³-hybridized carbons (Fsp3) is 0.533. The van der Waals surface area contributed by atoms with Gasteiger partial charge < -0.3 is 19.7 Å². The Morgan fingerprint density at radius 2 is 2.10 bits per heavy atom. The molecule has 2 rings (SSSR count). The summed E-state index contributed by atoms with van der Waals surface area (Å²) in [6.45, 7) is 7.11. The van der Waals surface area contributed by atoms with E-state index < -0.39 is 0 Å². The molecule has 5 heteroatoms. The minimum Gasteiger partial charge on any atom is -0.394 e. The lowest BCUT2D eigenvalue weighted by Gasteiger charge is -2.24. The van der Waals surface area contributed by atoms with Gasteiger partial charge in [0.05, 0.1) is 18.3 Å². The first-order valence-corrected chi connectivity index (χ1v) is 7.07. The number of pyridine rings is 1. The summed E-state index contributed by atoms with van der Waals surface area (Å²) in [5.74, 6) is 0.922. The van der Waals surface area contributed by atoms with Crippen LogP contribution in [0.25, 0.3) is 5.65 Å². The van der Waals surface area contributed by atoms with Crippen LogP contribution in [0.4, 0.5) is 5.82 Å². The monoisotopic (exact) mass is 276 g/mol. The van der Waals surface area contributed by atoms with E-state index in [0.717, 1.165) is 23.7 Å². The van der Waals surface area contributed by atoms with Crippen LogP contribution in [0.15, 0.2) is 24.4 Å². The highest BCUT2D eigenvalue weighted by Crippen LogP contribution is 2.22. The first-order valence-electron chi connectivity index (χ1n) is 7.07. The Balaban J connectivity index is 2.43. The molecule has 0 fully saturated rings. The molecule has 0 saturated heterocycles.